The Morgan fingerprint density at radius 2 is 1.82 bits per heavy atom. The number of carbonyl (C=O) groups is 1. The van der Waals surface area contributed by atoms with Gasteiger partial charge < -0.3 is 20.2 Å². The smallest absolute Gasteiger partial charge is 0.481 e. The highest BCUT2D eigenvalue weighted by Crippen LogP contribution is 1.74. The van der Waals surface area contributed by atoms with Crippen LogP contribution in [0.5, 0.6) is 0 Å². The molecule has 0 aromatic heterocycles. The maximum atomic E-state index is 9.66. The van der Waals surface area contributed by atoms with Gasteiger partial charge in [-0.1, -0.05) is 0 Å². The van der Waals surface area contributed by atoms with Crippen molar-refractivity contribution in [1.82, 2.24) is 4.84 Å². The summed E-state index contributed by atoms with van der Waals surface area (Å²) in [5, 5.41) is 29.4. The van der Waals surface area contributed by atoms with Crippen molar-refractivity contribution in [3.8, 4) is 0 Å². The second kappa shape index (κ2) is 9.66. The summed E-state index contributed by atoms with van der Waals surface area (Å²) in [5.41, 5.74) is 0. The Hall–Kier alpha value is -0.335. The first-order valence-electron chi connectivity index (χ1n) is 2.60. The monoisotopic (exact) mass is 185 g/mol. The zero-order chi connectivity index (χ0) is 9.28. The van der Waals surface area contributed by atoms with Crippen LogP contribution < -0.4 is 4.84 Å². The Labute approximate surface area is 68.7 Å². The summed E-state index contributed by atoms with van der Waals surface area (Å²) in [4.78, 5) is 11.8. The van der Waals surface area contributed by atoms with Gasteiger partial charge in [-0.25, -0.2) is 4.84 Å². The highest BCUT2D eigenvalue weighted by molar-refractivity contribution is 6.30. The highest BCUT2D eigenvalue weighted by atomic mass is 35.5. The normalized spacial score (nSPS) is 8.00. The van der Waals surface area contributed by atoms with Crippen LogP contribution in [0.25, 0.3) is 0 Å². The van der Waals surface area contributed by atoms with Gasteiger partial charge in [0.05, 0.1) is 6.42 Å². The maximum Gasteiger partial charge on any atom is 0.631 e. The SMILES string of the molecule is O=C(O)CCNCl.OB(O)O. The molecule has 0 aliphatic heterocycles. The molecule has 0 rings (SSSR count). The van der Waals surface area contributed by atoms with E-state index < -0.39 is 13.3 Å². The fraction of sp³-hybridized carbons (Fsp3) is 0.667. The third-order valence-electron chi connectivity index (χ3n) is 0.433. The summed E-state index contributed by atoms with van der Waals surface area (Å²) < 4.78 is 0. The summed E-state index contributed by atoms with van der Waals surface area (Å²) in [6.07, 6.45) is 0.0729. The van der Waals surface area contributed by atoms with E-state index in [1.54, 1.807) is 0 Å². The number of hydrogen-bond donors (Lipinski definition) is 5. The van der Waals surface area contributed by atoms with Crippen LogP contribution in [0.4, 0.5) is 0 Å². The molecule has 0 amide bonds. The molecule has 0 fully saturated rings. The quantitative estimate of drug-likeness (QED) is 0.261. The molecule has 8 heteroatoms. The van der Waals surface area contributed by atoms with E-state index in [0.717, 1.165) is 0 Å². The van der Waals surface area contributed by atoms with Crippen LogP contribution in [0.15, 0.2) is 0 Å². The summed E-state index contributed by atoms with van der Waals surface area (Å²) in [5.74, 6) is -0.840. The van der Waals surface area contributed by atoms with E-state index in [1.807, 2.05) is 0 Å². The summed E-state index contributed by atoms with van der Waals surface area (Å²) >= 11 is 4.93. The largest absolute Gasteiger partial charge is 0.631 e. The molecule has 0 aliphatic carbocycles. The van der Waals surface area contributed by atoms with Crippen molar-refractivity contribution in [1.29, 1.82) is 0 Å². The van der Waals surface area contributed by atoms with Crippen molar-refractivity contribution < 1.29 is 25.0 Å². The van der Waals surface area contributed by atoms with Crippen molar-refractivity contribution in [3.63, 3.8) is 0 Å². The van der Waals surface area contributed by atoms with Gasteiger partial charge in [-0.05, 0) is 11.8 Å². The summed E-state index contributed by atoms with van der Waals surface area (Å²) in [6, 6.07) is 0. The number of rotatable bonds is 3. The molecule has 0 aromatic carbocycles. The molecule has 11 heavy (non-hydrogen) atoms. The Morgan fingerprint density at radius 3 is 1.91 bits per heavy atom. The number of nitrogens with one attached hydrogen (secondary N) is 1. The van der Waals surface area contributed by atoms with Gasteiger partial charge in [0.2, 0.25) is 0 Å². The van der Waals surface area contributed by atoms with Crippen molar-refractivity contribution in [2.45, 2.75) is 6.42 Å². The first-order valence-corrected chi connectivity index (χ1v) is 2.98. The van der Waals surface area contributed by atoms with E-state index in [2.05, 4.69) is 4.84 Å². The van der Waals surface area contributed by atoms with Crippen LogP contribution in [0.1, 0.15) is 6.42 Å². The molecule has 0 spiro atoms. The second-order valence-electron chi connectivity index (χ2n) is 1.37. The lowest BCUT2D eigenvalue weighted by atomic mass is 10.3. The van der Waals surface area contributed by atoms with Gasteiger partial charge in [-0.2, -0.15) is 0 Å². The first kappa shape index (κ1) is 13.3. The Bertz CT molecular complexity index is 99.0. The van der Waals surface area contributed by atoms with Crippen molar-refractivity contribution >= 4 is 25.1 Å². The molecule has 0 unspecified atom stereocenters. The van der Waals surface area contributed by atoms with Gasteiger partial charge in [0.1, 0.15) is 0 Å². The van der Waals surface area contributed by atoms with Crippen LogP contribution in [-0.4, -0.2) is 40.0 Å². The van der Waals surface area contributed by atoms with Gasteiger partial charge in [0.25, 0.3) is 0 Å². The lowest BCUT2D eigenvalue weighted by Gasteiger charge is -1.86. The molecule has 0 saturated carbocycles. The third-order valence-corrected chi connectivity index (χ3v) is 0.622. The minimum Gasteiger partial charge on any atom is -0.481 e. The van der Waals surface area contributed by atoms with Crippen LogP contribution in [0.3, 0.4) is 0 Å². The third kappa shape index (κ3) is 42.3. The van der Waals surface area contributed by atoms with Gasteiger partial charge in [-0.15, -0.1) is 0 Å². The average molecular weight is 185 g/mol. The van der Waals surface area contributed by atoms with Gasteiger partial charge in [0.15, 0.2) is 0 Å². The van der Waals surface area contributed by atoms with E-state index in [1.165, 1.54) is 0 Å². The molecular weight excluding hydrogens is 176 g/mol. The summed E-state index contributed by atoms with van der Waals surface area (Å²) in [6.45, 7) is 0.316. The Kier molecular flexibility index (Phi) is 11.7. The molecule has 0 atom stereocenters. The molecule has 5 N–H and O–H groups in total. The predicted molar refractivity (Wildman–Crippen MR) is 38.5 cm³/mol. The molecule has 0 aromatic rings. The van der Waals surface area contributed by atoms with Crippen LogP contribution in [0.2, 0.25) is 0 Å². The topological polar surface area (TPSA) is 110 Å². The minimum atomic E-state index is -2.17. The number of carboxylic acid groups (broad SMARTS) is 1. The van der Waals surface area contributed by atoms with Crippen LogP contribution in [-0.2, 0) is 4.79 Å². The number of carboxylic acids is 1. The van der Waals surface area contributed by atoms with Crippen LogP contribution >= 0.6 is 11.8 Å². The maximum absolute atomic E-state index is 9.66. The zero-order valence-electron chi connectivity index (χ0n) is 5.57. The van der Waals surface area contributed by atoms with E-state index in [4.69, 9.17) is 32.0 Å². The molecule has 0 heterocycles. The minimum absolute atomic E-state index is 0.0729. The fourth-order valence-corrected chi connectivity index (χ4v) is 0.249. The van der Waals surface area contributed by atoms with Gasteiger partial charge >= 0.3 is 13.3 Å². The van der Waals surface area contributed by atoms with E-state index in [0.29, 0.717) is 6.54 Å². The molecule has 6 nitrogen and oxygen atoms in total. The molecule has 0 radical (unpaired) electrons. The van der Waals surface area contributed by atoms with Gasteiger partial charge in [0, 0.05) is 6.54 Å². The Balaban J connectivity index is 0. The molecular formula is C3H9BClNO5. The lowest BCUT2D eigenvalue weighted by molar-refractivity contribution is -0.136. The molecule has 0 aliphatic rings. The summed E-state index contributed by atoms with van der Waals surface area (Å²) in [7, 11) is -2.17. The average Bonchev–Trinajstić information content (AvgIpc) is 1.82. The van der Waals surface area contributed by atoms with Crippen molar-refractivity contribution in [2.24, 2.45) is 0 Å². The van der Waals surface area contributed by atoms with Crippen LogP contribution in [0, 0.1) is 0 Å². The predicted octanol–water partition coefficient (Wildman–Crippen LogP) is -1.85. The highest BCUT2D eigenvalue weighted by Gasteiger charge is 1.92. The fourth-order valence-electron chi connectivity index (χ4n) is 0.154. The van der Waals surface area contributed by atoms with Crippen molar-refractivity contribution in [3.05, 3.63) is 0 Å². The number of aliphatic carboxylic acids is 1. The second-order valence-corrected chi connectivity index (χ2v) is 1.64. The molecule has 66 valence electrons. The standard InChI is InChI=1S/C3H6ClNO2.BH3O3/c4-5-2-1-3(6)7;2-1(3)4/h5H,1-2H2,(H,6,7);2-4H. The molecule has 0 saturated heterocycles. The number of halogens is 1. The van der Waals surface area contributed by atoms with E-state index >= 15 is 0 Å². The zero-order valence-corrected chi connectivity index (χ0v) is 6.32. The van der Waals surface area contributed by atoms with E-state index in [-0.39, 0.29) is 6.42 Å². The lowest BCUT2D eigenvalue weighted by Crippen LogP contribution is -2.07. The van der Waals surface area contributed by atoms with Gasteiger partial charge in [-0.3, -0.25) is 4.79 Å². The first-order chi connectivity index (χ1) is 5.00. The number of hydrogen-bond acceptors (Lipinski definition) is 5. The Morgan fingerprint density at radius 1 is 1.45 bits per heavy atom. The molecule has 0 bridgehead atoms. The van der Waals surface area contributed by atoms with Crippen molar-refractivity contribution in [2.75, 3.05) is 6.54 Å². The van der Waals surface area contributed by atoms with E-state index in [9.17, 15) is 4.79 Å².